The minimum absolute atomic E-state index is 0.00128. The molecule has 0 spiro atoms. The Morgan fingerprint density at radius 1 is 1.33 bits per heavy atom. The van der Waals surface area contributed by atoms with Crippen LogP contribution in [0.4, 0.5) is 4.79 Å². The minimum atomic E-state index is -0.00128. The van der Waals surface area contributed by atoms with E-state index in [0.717, 1.165) is 45.4 Å². The van der Waals surface area contributed by atoms with Gasteiger partial charge in [-0.3, -0.25) is 0 Å². The largest absolute Gasteiger partial charge is 0.381 e. The van der Waals surface area contributed by atoms with Crippen LogP contribution in [0.15, 0.2) is 0 Å². The Labute approximate surface area is 90.8 Å². The number of amides is 2. The van der Waals surface area contributed by atoms with Crippen LogP contribution in [-0.4, -0.2) is 31.8 Å². The summed E-state index contributed by atoms with van der Waals surface area (Å²) in [5.41, 5.74) is 0. The van der Waals surface area contributed by atoms with Gasteiger partial charge in [0, 0.05) is 25.8 Å². The number of nitrogens with one attached hydrogen (secondary N) is 2. The SMILES string of the molecule is O=C(NCCC1CCOC1)NC1CCC1. The molecule has 1 atom stereocenters. The third kappa shape index (κ3) is 3.38. The predicted octanol–water partition coefficient (Wildman–Crippen LogP) is 1.26. The number of carbonyl (C=O) groups excluding carboxylic acids is 1. The smallest absolute Gasteiger partial charge is 0.315 e. The summed E-state index contributed by atoms with van der Waals surface area (Å²) in [6, 6.07) is 0.429. The molecule has 0 aromatic carbocycles. The molecule has 1 aliphatic carbocycles. The molecule has 0 aromatic heterocycles. The van der Waals surface area contributed by atoms with Crippen molar-refractivity contribution in [3.63, 3.8) is 0 Å². The molecule has 2 fully saturated rings. The standard InChI is InChI=1S/C11H20N2O2/c14-11(13-10-2-1-3-10)12-6-4-9-5-7-15-8-9/h9-10H,1-8H2,(H2,12,13,14). The first-order valence-electron chi connectivity index (χ1n) is 5.96. The van der Waals surface area contributed by atoms with Crippen LogP contribution in [-0.2, 0) is 4.74 Å². The molecule has 2 N–H and O–H groups in total. The van der Waals surface area contributed by atoms with Gasteiger partial charge in [0.1, 0.15) is 0 Å². The van der Waals surface area contributed by atoms with Crippen LogP contribution in [0.2, 0.25) is 0 Å². The van der Waals surface area contributed by atoms with E-state index in [1.807, 2.05) is 0 Å². The molecule has 2 amide bonds. The highest BCUT2D eigenvalue weighted by Crippen LogP contribution is 2.18. The first-order chi connectivity index (χ1) is 7.34. The summed E-state index contributed by atoms with van der Waals surface area (Å²) in [4.78, 5) is 11.4. The van der Waals surface area contributed by atoms with Crippen molar-refractivity contribution in [2.75, 3.05) is 19.8 Å². The molecule has 2 aliphatic rings. The molecule has 2 rings (SSSR count). The summed E-state index contributed by atoms with van der Waals surface area (Å²) in [6.07, 6.45) is 5.72. The fourth-order valence-electron chi connectivity index (χ4n) is 1.99. The molecule has 4 heteroatoms. The lowest BCUT2D eigenvalue weighted by atomic mass is 9.93. The van der Waals surface area contributed by atoms with Crippen molar-refractivity contribution in [1.82, 2.24) is 10.6 Å². The Morgan fingerprint density at radius 2 is 2.20 bits per heavy atom. The van der Waals surface area contributed by atoms with Crippen molar-refractivity contribution in [2.45, 2.75) is 38.1 Å². The maximum atomic E-state index is 11.4. The van der Waals surface area contributed by atoms with Crippen LogP contribution >= 0.6 is 0 Å². The molecular weight excluding hydrogens is 192 g/mol. The van der Waals surface area contributed by atoms with Gasteiger partial charge in [0.25, 0.3) is 0 Å². The van der Waals surface area contributed by atoms with Crippen molar-refractivity contribution in [3.05, 3.63) is 0 Å². The average Bonchev–Trinajstić information content (AvgIpc) is 2.64. The number of ether oxygens (including phenoxy) is 1. The zero-order chi connectivity index (χ0) is 10.5. The lowest BCUT2D eigenvalue weighted by Gasteiger charge is -2.26. The monoisotopic (exact) mass is 212 g/mol. The second-order valence-electron chi connectivity index (χ2n) is 4.55. The normalized spacial score (nSPS) is 26.0. The van der Waals surface area contributed by atoms with E-state index >= 15 is 0 Å². The lowest BCUT2D eigenvalue weighted by molar-refractivity contribution is 0.184. The second-order valence-corrected chi connectivity index (χ2v) is 4.55. The Balaban J connectivity index is 1.50. The fourth-order valence-corrected chi connectivity index (χ4v) is 1.99. The number of rotatable bonds is 4. The molecule has 86 valence electrons. The van der Waals surface area contributed by atoms with E-state index in [0.29, 0.717) is 12.0 Å². The molecular formula is C11H20N2O2. The first-order valence-corrected chi connectivity index (χ1v) is 5.96. The Kier molecular flexibility index (Phi) is 3.83. The zero-order valence-corrected chi connectivity index (χ0v) is 9.13. The quantitative estimate of drug-likeness (QED) is 0.737. The molecule has 0 bridgehead atoms. The maximum Gasteiger partial charge on any atom is 0.315 e. The van der Waals surface area contributed by atoms with Gasteiger partial charge in [-0.15, -0.1) is 0 Å². The van der Waals surface area contributed by atoms with Crippen LogP contribution in [0, 0.1) is 5.92 Å². The topological polar surface area (TPSA) is 50.4 Å². The van der Waals surface area contributed by atoms with E-state index in [2.05, 4.69) is 10.6 Å². The molecule has 1 saturated carbocycles. The van der Waals surface area contributed by atoms with E-state index in [-0.39, 0.29) is 6.03 Å². The van der Waals surface area contributed by atoms with Crippen molar-refractivity contribution in [1.29, 1.82) is 0 Å². The molecule has 1 aliphatic heterocycles. The summed E-state index contributed by atoms with van der Waals surface area (Å²) in [5, 5.41) is 5.86. The van der Waals surface area contributed by atoms with Gasteiger partial charge in [-0.2, -0.15) is 0 Å². The van der Waals surface area contributed by atoms with Crippen molar-refractivity contribution in [2.24, 2.45) is 5.92 Å². The summed E-state index contributed by atoms with van der Waals surface area (Å²) in [5.74, 6) is 0.647. The molecule has 0 radical (unpaired) electrons. The van der Waals surface area contributed by atoms with E-state index in [4.69, 9.17) is 4.74 Å². The molecule has 15 heavy (non-hydrogen) atoms. The summed E-state index contributed by atoms with van der Waals surface area (Å²) in [7, 11) is 0. The van der Waals surface area contributed by atoms with Crippen LogP contribution in [0.25, 0.3) is 0 Å². The fraction of sp³-hybridized carbons (Fsp3) is 0.909. The number of urea groups is 1. The van der Waals surface area contributed by atoms with Crippen molar-refractivity contribution in [3.8, 4) is 0 Å². The Bertz CT molecular complexity index is 211. The highest BCUT2D eigenvalue weighted by molar-refractivity contribution is 5.74. The Hall–Kier alpha value is -0.770. The van der Waals surface area contributed by atoms with Gasteiger partial charge < -0.3 is 15.4 Å². The van der Waals surface area contributed by atoms with Gasteiger partial charge in [-0.05, 0) is 38.0 Å². The molecule has 1 saturated heterocycles. The van der Waals surface area contributed by atoms with Gasteiger partial charge in [0.05, 0.1) is 0 Å². The highest BCUT2D eigenvalue weighted by atomic mass is 16.5. The van der Waals surface area contributed by atoms with Crippen molar-refractivity contribution < 1.29 is 9.53 Å². The summed E-state index contributed by atoms with van der Waals surface area (Å²) >= 11 is 0. The lowest BCUT2D eigenvalue weighted by Crippen LogP contribution is -2.45. The van der Waals surface area contributed by atoms with Crippen LogP contribution in [0.5, 0.6) is 0 Å². The molecule has 4 nitrogen and oxygen atoms in total. The third-order valence-electron chi connectivity index (χ3n) is 3.30. The van der Waals surface area contributed by atoms with Gasteiger partial charge in [0.2, 0.25) is 0 Å². The maximum absolute atomic E-state index is 11.4. The second kappa shape index (κ2) is 5.35. The minimum Gasteiger partial charge on any atom is -0.381 e. The molecule has 0 aromatic rings. The van der Waals surface area contributed by atoms with Gasteiger partial charge in [-0.1, -0.05) is 0 Å². The van der Waals surface area contributed by atoms with E-state index in [1.54, 1.807) is 0 Å². The average molecular weight is 212 g/mol. The van der Waals surface area contributed by atoms with Gasteiger partial charge >= 0.3 is 6.03 Å². The zero-order valence-electron chi connectivity index (χ0n) is 9.13. The van der Waals surface area contributed by atoms with E-state index in [9.17, 15) is 4.79 Å². The number of hydrogen-bond acceptors (Lipinski definition) is 2. The predicted molar refractivity (Wildman–Crippen MR) is 57.7 cm³/mol. The summed E-state index contributed by atoms with van der Waals surface area (Å²) in [6.45, 7) is 2.53. The Morgan fingerprint density at radius 3 is 2.80 bits per heavy atom. The highest BCUT2D eigenvalue weighted by Gasteiger charge is 2.19. The number of hydrogen-bond donors (Lipinski definition) is 2. The van der Waals surface area contributed by atoms with Crippen LogP contribution < -0.4 is 10.6 Å². The van der Waals surface area contributed by atoms with Crippen molar-refractivity contribution >= 4 is 6.03 Å². The first kappa shape index (κ1) is 10.7. The number of carbonyl (C=O) groups is 1. The van der Waals surface area contributed by atoms with Crippen LogP contribution in [0.1, 0.15) is 32.1 Å². The summed E-state index contributed by atoms with van der Waals surface area (Å²) < 4.78 is 5.28. The van der Waals surface area contributed by atoms with Crippen LogP contribution in [0.3, 0.4) is 0 Å². The van der Waals surface area contributed by atoms with Gasteiger partial charge in [0.15, 0.2) is 0 Å². The molecule has 1 unspecified atom stereocenters. The van der Waals surface area contributed by atoms with E-state index in [1.165, 1.54) is 6.42 Å². The van der Waals surface area contributed by atoms with Gasteiger partial charge in [-0.25, -0.2) is 4.79 Å². The van der Waals surface area contributed by atoms with E-state index < -0.39 is 0 Å². The molecule has 1 heterocycles. The third-order valence-corrected chi connectivity index (χ3v) is 3.30.